The molecule has 2 fully saturated rings. The Balaban J connectivity index is 1.92. The lowest BCUT2D eigenvalue weighted by molar-refractivity contribution is -0.171. The van der Waals surface area contributed by atoms with Crippen molar-refractivity contribution < 1.29 is 29.3 Å². The summed E-state index contributed by atoms with van der Waals surface area (Å²) in [5.41, 5.74) is -0.659. The van der Waals surface area contributed by atoms with Crippen molar-refractivity contribution in [3.05, 3.63) is 23.3 Å². The maximum Gasteiger partial charge on any atom is 0.338 e. The Morgan fingerprint density at radius 3 is 2.88 bits per heavy atom. The fourth-order valence-electron chi connectivity index (χ4n) is 3.83. The summed E-state index contributed by atoms with van der Waals surface area (Å²) < 4.78 is 11.1. The molecule has 0 saturated carbocycles. The van der Waals surface area contributed by atoms with Crippen LogP contribution in [0.3, 0.4) is 0 Å². The first-order valence-electron chi connectivity index (χ1n) is 8.68. The Hall–Kier alpha value is -1.70. The molecule has 0 radical (unpaired) electrons. The van der Waals surface area contributed by atoms with Crippen molar-refractivity contribution >= 4 is 11.9 Å². The molecule has 3 heterocycles. The van der Waals surface area contributed by atoms with Crippen molar-refractivity contribution in [3.8, 4) is 0 Å². The SMILES string of the molecule is C/C=C1/C[C@H](CO)[C@@](C)(O)C(=O)OCC2=CCN3CC[C@@H](OC1=O)[C@@H]23. The minimum Gasteiger partial charge on any atom is -0.459 e. The lowest BCUT2D eigenvalue weighted by Gasteiger charge is -2.32. The van der Waals surface area contributed by atoms with Gasteiger partial charge in [-0.15, -0.1) is 0 Å². The number of hydrogen-bond donors (Lipinski definition) is 2. The van der Waals surface area contributed by atoms with Crippen LogP contribution in [-0.4, -0.2) is 71.1 Å². The molecule has 4 atom stereocenters. The van der Waals surface area contributed by atoms with Crippen LogP contribution in [0.4, 0.5) is 0 Å². The molecule has 0 aromatic heterocycles. The van der Waals surface area contributed by atoms with Crippen LogP contribution in [-0.2, 0) is 19.1 Å². The highest BCUT2D eigenvalue weighted by molar-refractivity contribution is 5.89. The maximum atomic E-state index is 12.6. The Morgan fingerprint density at radius 2 is 2.20 bits per heavy atom. The van der Waals surface area contributed by atoms with E-state index in [1.54, 1.807) is 13.0 Å². The highest BCUT2D eigenvalue weighted by atomic mass is 16.6. The molecule has 2 N–H and O–H groups in total. The summed E-state index contributed by atoms with van der Waals surface area (Å²) in [7, 11) is 0. The van der Waals surface area contributed by atoms with Crippen molar-refractivity contribution in [2.45, 2.75) is 44.4 Å². The van der Waals surface area contributed by atoms with Crippen LogP contribution < -0.4 is 0 Å². The number of rotatable bonds is 1. The van der Waals surface area contributed by atoms with Gasteiger partial charge in [-0.1, -0.05) is 12.2 Å². The van der Waals surface area contributed by atoms with E-state index < -0.39 is 30.1 Å². The first-order valence-corrected chi connectivity index (χ1v) is 8.68. The van der Waals surface area contributed by atoms with Crippen molar-refractivity contribution in [2.24, 2.45) is 5.92 Å². The highest BCUT2D eigenvalue weighted by Crippen LogP contribution is 2.34. The standard InChI is InChI=1S/C18H25NO6/c1-3-11-8-13(9-20)18(2,23)17(22)24-10-12-4-6-19-7-5-14(15(12)19)25-16(11)21/h3-4,13-15,20,23H,5-10H2,1-2H3/b11-3-/t13-,14-,15-,18-/m1/s1. The number of allylic oxidation sites excluding steroid dienone is 1. The molecule has 0 unspecified atom stereocenters. The van der Waals surface area contributed by atoms with E-state index in [1.165, 1.54) is 6.92 Å². The predicted molar refractivity (Wildman–Crippen MR) is 88.5 cm³/mol. The first-order chi connectivity index (χ1) is 11.9. The van der Waals surface area contributed by atoms with Gasteiger partial charge < -0.3 is 19.7 Å². The quantitative estimate of drug-likeness (QED) is 0.395. The summed E-state index contributed by atoms with van der Waals surface area (Å²) in [6.07, 6.45) is 4.09. The van der Waals surface area contributed by atoms with Crippen LogP contribution in [0.25, 0.3) is 0 Å². The average Bonchev–Trinajstić information content (AvgIpc) is 3.15. The first kappa shape index (κ1) is 18.1. The molecule has 3 rings (SSSR count). The molecule has 2 saturated heterocycles. The Labute approximate surface area is 146 Å². The molecule has 0 aliphatic carbocycles. The van der Waals surface area contributed by atoms with Gasteiger partial charge in [-0.3, -0.25) is 4.90 Å². The number of aliphatic hydroxyl groups excluding tert-OH is 1. The monoisotopic (exact) mass is 351 g/mol. The number of ether oxygens (including phenoxy) is 2. The number of nitrogens with zero attached hydrogens (tertiary/aromatic N) is 1. The molecule has 7 heteroatoms. The molecule has 0 spiro atoms. The second kappa shape index (κ2) is 6.90. The van der Waals surface area contributed by atoms with Gasteiger partial charge in [0.05, 0.1) is 6.04 Å². The molecule has 0 bridgehead atoms. The summed E-state index contributed by atoms with van der Waals surface area (Å²) in [6, 6.07) is -0.0760. The van der Waals surface area contributed by atoms with E-state index >= 15 is 0 Å². The van der Waals surface area contributed by atoms with Gasteiger partial charge in [-0.2, -0.15) is 0 Å². The normalized spacial score (nSPS) is 38.5. The van der Waals surface area contributed by atoms with Gasteiger partial charge in [-0.05, 0) is 32.3 Å². The van der Waals surface area contributed by atoms with E-state index in [1.807, 2.05) is 6.08 Å². The highest BCUT2D eigenvalue weighted by Gasteiger charge is 2.46. The Kier molecular flexibility index (Phi) is 4.99. The van der Waals surface area contributed by atoms with E-state index in [-0.39, 0.29) is 25.2 Å². The van der Waals surface area contributed by atoms with Crippen molar-refractivity contribution in [1.82, 2.24) is 4.90 Å². The Bertz CT molecular complexity index is 623. The van der Waals surface area contributed by atoms with Crippen molar-refractivity contribution in [3.63, 3.8) is 0 Å². The molecule has 25 heavy (non-hydrogen) atoms. The lowest BCUT2D eigenvalue weighted by Crippen LogP contribution is -2.47. The van der Waals surface area contributed by atoms with E-state index in [9.17, 15) is 19.8 Å². The number of carbonyl (C=O) groups is 2. The van der Waals surface area contributed by atoms with Gasteiger partial charge in [0.2, 0.25) is 0 Å². The molecule has 0 aromatic carbocycles. The predicted octanol–water partition coefficient (Wildman–Crippen LogP) is 0.165. The van der Waals surface area contributed by atoms with E-state index in [2.05, 4.69) is 4.90 Å². The summed E-state index contributed by atoms with van der Waals surface area (Å²) >= 11 is 0. The average molecular weight is 351 g/mol. The molecular weight excluding hydrogens is 326 g/mol. The fourth-order valence-corrected chi connectivity index (χ4v) is 3.83. The topological polar surface area (TPSA) is 96.3 Å². The summed E-state index contributed by atoms with van der Waals surface area (Å²) in [5, 5.41) is 20.2. The summed E-state index contributed by atoms with van der Waals surface area (Å²) in [4.78, 5) is 27.2. The second-order valence-corrected chi connectivity index (χ2v) is 7.07. The zero-order chi connectivity index (χ0) is 18.2. The number of carbonyl (C=O) groups excluding carboxylic acids is 2. The van der Waals surface area contributed by atoms with Crippen LogP contribution >= 0.6 is 0 Å². The minimum atomic E-state index is -1.89. The van der Waals surface area contributed by atoms with Crippen LogP contribution in [0.1, 0.15) is 26.7 Å². The van der Waals surface area contributed by atoms with Crippen LogP contribution in [0, 0.1) is 5.92 Å². The lowest BCUT2D eigenvalue weighted by atomic mass is 9.84. The molecule has 3 aliphatic rings. The maximum absolute atomic E-state index is 12.6. The van der Waals surface area contributed by atoms with E-state index in [4.69, 9.17) is 9.47 Å². The zero-order valence-electron chi connectivity index (χ0n) is 14.6. The van der Waals surface area contributed by atoms with E-state index in [0.717, 1.165) is 25.1 Å². The molecule has 3 aliphatic heterocycles. The molecule has 0 amide bonds. The van der Waals surface area contributed by atoms with Gasteiger partial charge in [0.25, 0.3) is 0 Å². The second-order valence-electron chi connectivity index (χ2n) is 7.07. The van der Waals surface area contributed by atoms with Gasteiger partial charge in [0, 0.05) is 31.2 Å². The summed E-state index contributed by atoms with van der Waals surface area (Å²) in [6.45, 7) is 4.17. The zero-order valence-corrected chi connectivity index (χ0v) is 14.6. The van der Waals surface area contributed by atoms with Crippen molar-refractivity contribution in [1.29, 1.82) is 0 Å². The number of hydrogen-bond acceptors (Lipinski definition) is 7. The van der Waals surface area contributed by atoms with Crippen LogP contribution in [0.5, 0.6) is 0 Å². The molecular formula is C18H25NO6. The van der Waals surface area contributed by atoms with Gasteiger partial charge in [-0.25, -0.2) is 9.59 Å². The number of esters is 2. The van der Waals surface area contributed by atoms with E-state index in [0.29, 0.717) is 5.57 Å². The Morgan fingerprint density at radius 1 is 1.44 bits per heavy atom. The molecule has 7 nitrogen and oxygen atoms in total. The van der Waals surface area contributed by atoms with Gasteiger partial charge in [0.15, 0.2) is 5.60 Å². The minimum absolute atomic E-state index is 0.0394. The molecule has 138 valence electrons. The summed E-state index contributed by atoms with van der Waals surface area (Å²) in [5.74, 6) is -2.10. The van der Waals surface area contributed by atoms with Crippen molar-refractivity contribution in [2.75, 3.05) is 26.3 Å². The van der Waals surface area contributed by atoms with Gasteiger partial charge in [0.1, 0.15) is 12.7 Å². The fraction of sp³-hybridized carbons (Fsp3) is 0.667. The largest absolute Gasteiger partial charge is 0.459 e. The number of cyclic esters (lactones) is 1. The third-order valence-corrected chi connectivity index (χ3v) is 5.55. The van der Waals surface area contributed by atoms with Crippen LogP contribution in [0.15, 0.2) is 23.3 Å². The molecule has 0 aromatic rings. The van der Waals surface area contributed by atoms with Crippen LogP contribution in [0.2, 0.25) is 0 Å². The third-order valence-electron chi connectivity index (χ3n) is 5.55. The van der Waals surface area contributed by atoms with Gasteiger partial charge >= 0.3 is 11.9 Å². The number of aliphatic hydroxyl groups is 2. The smallest absolute Gasteiger partial charge is 0.338 e. The third kappa shape index (κ3) is 3.23.